The maximum atomic E-state index is 11.0. The van der Waals surface area contributed by atoms with Gasteiger partial charge in [-0.1, -0.05) is 25.6 Å². The van der Waals surface area contributed by atoms with Gasteiger partial charge in [-0.05, 0) is 25.5 Å². The Balaban J connectivity index is 0.000000626. The number of para-hydroxylation sites is 2. The second-order valence-electron chi connectivity index (χ2n) is 4.14. The van der Waals surface area contributed by atoms with Crippen molar-refractivity contribution in [1.82, 2.24) is 0 Å². The second-order valence-corrected chi connectivity index (χ2v) is 4.14. The average molecular weight is 308 g/mol. The van der Waals surface area contributed by atoms with Gasteiger partial charge in [0.25, 0.3) is 0 Å². The van der Waals surface area contributed by atoms with E-state index in [1.54, 1.807) is 18.2 Å². The van der Waals surface area contributed by atoms with Crippen molar-refractivity contribution in [2.24, 2.45) is 0 Å². The lowest BCUT2D eigenvalue weighted by Gasteiger charge is -2.02. The predicted octanol–water partition coefficient (Wildman–Crippen LogP) is 2.89. The molecule has 0 bridgehead atoms. The van der Waals surface area contributed by atoms with E-state index < -0.39 is 11.9 Å². The fraction of sp³-hybridized carbons (Fsp3) is 0.250. The zero-order chi connectivity index (χ0) is 17.0. The van der Waals surface area contributed by atoms with Gasteiger partial charge in [0.05, 0.1) is 18.9 Å². The van der Waals surface area contributed by atoms with Gasteiger partial charge in [-0.2, -0.15) is 0 Å². The molecule has 0 aliphatic carbocycles. The molecular formula is C16H20O6. The zero-order valence-corrected chi connectivity index (χ0v) is 12.6. The number of aromatic hydroxyl groups is 1. The van der Waals surface area contributed by atoms with E-state index in [2.05, 4.69) is 6.58 Å². The number of ether oxygens (including phenoxy) is 2. The van der Waals surface area contributed by atoms with Crippen LogP contribution in [0.5, 0.6) is 11.5 Å². The highest BCUT2D eigenvalue weighted by molar-refractivity contribution is 5.84. The summed E-state index contributed by atoms with van der Waals surface area (Å²) in [5.74, 6) is -1.08. The Labute approximate surface area is 129 Å². The summed E-state index contributed by atoms with van der Waals surface area (Å²) in [6.45, 7) is 6.90. The number of esters is 1. The van der Waals surface area contributed by atoms with Crippen LogP contribution in [0.2, 0.25) is 0 Å². The van der Waals surface area contributed by atoms with Gasteiger partial charge in [0.1, 0.15) is 0 Å². The number of phenolic OH excluding ortho intramolecular Hbond substituents is 1. The molecule has 1 rings (SSSR count). The molecule has 0 heterocycles. The summed E-state index contributed by atoms with van der Waals surface area (Å²) in [7, 11) is 0. The fourth-order valence-electron chi connectivity index (χ4n) is 0.970. The third-order valence-electron chi connectivity index (χ3n) is 2.08. The molecule has 0 aliphatic rings. The Hall–Kier alpha value is -2.76. The highest BCUT2D eigenvalue weighted by atomic mass is 16.5. The molecule has 6 heteroatoms. The zero-order valence-electron chi connectivity index (χ0n) is 12.6. The van der Waals surface area contributed by atoms with Crippen molar-refractivity contribution in [2.45, 2.75) is 20.3 Å². The number of carbonyl (C=O) groups is 2. The normalized spacial score (nSPS) is 9.55. The van der Waals surface area contributed by atoms with E-state index in [4.69, 9.17) is 14.6 Å². The number of hydrogen-bond acceptors (Lipinski definition) is 5. The van der Waals surface area contributed by atoms with E-state index in [9.17, 15) is 14.7 Å². The summed E-state index contributed by atoms with van der Waals surface area (Å²) in [4.78, 5) is 20.6. The van der Waals surface area contributed by atoms with Crippen LogP contribution in [0, 0.1) is 0 Å². The Bertz CT molecular complexity index is 521. The lowest BCUT2D eigenvalue weighted by atomic mass is 10.3. The minimum Gasteiger partial charge on any atom is -0.504 e. The summed E-state index contributed by atoms with van der Waals surface area (Å²) in [6.07, 6.45) is 3.13. The predicted molar refractivity (Wildman–Crippen MR) is 81.6 cm³/mol. The van der Waals surface area contributed by atoms with E-state index in [1.807, 2.05) is 6.92 Å². The molecule has 0 fully saturated rings. The molecule has 0 spiro atoms. The van der Waals surface area contributed by atoms with Crippen molar-refractivity contribution in [3.05, 3.63) is 48.8 Å². The SMILES string of the molecule is C=C(C)C(=O)O.CCCOC(=O)C=COc1ccccc1O. The molecule has 0 saturated carbocycles. The van der Waals surface area contributed by atoms with Crippen LogP contribution >= 0.6 is 0 Å². The lowest BCUT2D eigenvalue weighted by molar-refractivity contribution is -0.138. The minimum atomic E-state index is -0.935. The average Bonchev–Trinajstić information content (AvgIpc) is 2.47. The first-order valence-electron chi connectivity index (χ1n) is 6.55. The van der Waals surface area contributed by atoms with Crippen molar-refractivity contribution in [2.75, 3.05) is 6.61 Å². The number of rotatable bonds is 6. The number of benzene rings is 1. The standard InChI is InChI=1S/C12H14O4.C4H6O2/c1-2-8-16-12(14)7-9-15-11-6-4-3-5-10(11)13;1-3(2)4(5)6/h3-7,9,13H,2,8H2,1H3;1H2,2H3,(H,5,6). The van der Waals surface area contributed by atoms with Gasteiger partial charge in [0.2, 0.25) is 0 Å². The largest absolute Gasteiger partial charge is 0.504 e. The van der Waals surface area contributed by atoms with E-state index in [0.717, 1.165) is 6.42 Å². The molecule has 1 aromatic rings. The first-order chi connectivity index (χ1) is 10.4. The number of carbonyl (C=O) groups excluding carboxylic acids is 1. The molecule has 0 unspecified atom stereocenters. The topological polar surface area (TPSA) is 93.1 Å². The van der Waals surface area contributed by atoms with Crippen LogP contribution in [-0.2, 0) is 14.3 Å². The fourth-order valence-corrected chi connectivity index (χ4v) is 0.970. The molecule has 22 heavy (non-hydrogen) atoms. The molecule has 6 nitrogen and oxygen atoms in total. The Morgan fingerprint density at radius 1 is 1.32 bits per heavy atom. The highest BCUT2D eigenvalue weighted by Crippen LogP contribution is 2.24. The Morgan fingerprint density at radius 2 is 1.91 bits per heavy atom. The van der Waals surface area contributed by atoms with Crippen LogP contribution in [0.4, 0.5) is 0 Å². The maximum Gasteiger partial charge on any atom is 0.333 e. The first kappa shape index (κ1) is 19.2. The maximum absolute atomic E-state index is 11.0. The molecule has 0 saturated heterocycles. The third-order valence-corrected chi connectivity index (χ3v) is 2.08. The molecule has 0 amide bonds. The molecule has 120 valence electrons. The smallest absolute Gasteiger partial charge is 0.333 e. The second kappa shape index (κ2) is 11.0. The summed E-state index contributed by atoms with van der Waals surface area (Å²) in [5.41, 5.74) is 0.176. The first-order valence-corrected chi connectivity index (χ1v) is 6.55. The quantitative estimate of drug-likeness (QED) is 0.477. The van der Waals surface area contributed by atoms with Gasteiger partial charge >= 0.3 is 11.9 Å². The summed E-state index contributed by atoms with van der Waals surface area (Å²) in [6, 6.07) is 6.50. The van der Waals surface area contributed by atoms with Gasteiger partial charge in [0.15, 0.2) is 11.5 Å². The van der Waals surface area contributed by atoms with E-state index in [0.29, 0.717) is 12.4 Å². The van der Waals surface area contributed by atoms with Crippen molar-refractivity contribution < 1.29 is 29.3 Å². The Kier molecular flexibility index (Phi) is 9.59. The van der Waals surface area contributed by atoms with Gasteiger partial charge < -0.3 is 19.7 Å². The molecule has 0 radical (unpaired) electrons. The number of carboxylic acid groups (broad SMARTS) is 1. The van der Waals surface area contributed by atoms with E-state index >= 15 is 0 Å². The van der Waals surface area contributed by atoms with Crippen molar-refractivity contribution >= 4 is 11.9 Å². The van der Waals surface area contributed by atoms with Gasteiger partial charge in [0, 0.05) is 5.57 Å². The van der Waals surface area contributed by atoms with E-state index in [-0.39, 0.29) is 11.3 Å². The van der Waals surface area contributed by atoms with Gasteiger partial charge in [-0.25, -0.2) is 9.59 Å². The summed E-state index contributed by atoms with van der Waals surface area (Å²) >= 11 is 0. The number of aliphatic carboxylic acids is 1. The van der Waals surface area contributed by atoms with Crippen molar-refractivity contribution in [3.63, 3.8) is 0 Å². The van der Waals surface area contributed by atoms with Crippen LogP contribution in [0.15, 0.2) is 48.8 Å². The molecule has 0 atom stereocenters. The molecule has 0 aliphatic heterocycles. The van der Waals surface area contributed by atoms with Crippen LogP contribution in [0.1, 0.15) is 20.3 Å². The lowest BCUT2D eigenvalue weighted by Crippen LogP contribution is -2.01. The van der Waals surface area contributed by atoms with Gasteiger partial charge in [-0.3, -0.25) is 0 Å². The van der Waals surface area contributed by atoms with Crippen LogP contribution < -0.4 is 4.74 Å². The molecule has 2 N–H and O–H groups in total. The molecular weight excluding hydrogens is 288 g/mol. The number of carboxylic acids is 1. The third kappa shape index (κ3) is 9.19. The minimum absolute atomic E-state index is 0.0223. The summed E-state index contributed by atoms with van der Waals surface area (Å²) in [5, 5.41) is 17.2. The van der Waals surface area contributed by atoms with Gasteiger partial charge in [-0.15, -0.1) is 0 Å². The van der Waals surface area contributed by atoms with Crippen molar-refractivity contribution in [1.29, 1.82) is 0 Å². The van der Waals surface area contributed by atoms with Crippen molar-refractivity contribution in [3.8, 4) is 11.5 Å². The highest BCUT2D eigenvalue weighted by Gasteiger charge is 1.99. The monoisotopic (exact) mass is 308 g/mol. The van der Waals surface area contributed by atoms with E-state index in [1.165, 1.54) is 25.3 Å². The molecule has 0 aromatic heterocycles. The number of hydrogen-bond donors (Lipinski definition) is 2. The van der Waals surface area contributed by atoms with Crippen LogP contribution in [0.3, 0.4) is 0 Å². The van der Waals surface area contributed by atoms with Crippen LogP contribution in [0.25, 0.3) is 0 Å². The summed E-state index contributed by atoms with van der Waals surface area (Å²) < 4.78 is 9.85. The number of phenols is 1. The van der Waals surface area contributed by atoms with Crippen LogP contribution in [-0.4, -0.2) is 28.8 Å². The Morgan fingerprint density at radius 3 is 2.41 bits per heavy atom. The molecule has 1 aromatic carbocycles.